The lowest BCUT2D eigenvalue weighted by molar-refractivity contribution is 0.356. The molecule has 4 rings (SSSR count). The van der Waals surface area contributed by atoms with Crippen LogP contribution >= 0.6 is 11.6 Å². The summed E-state index contributed by atoms with van der Waals surface area (Å²) in [6.45, 7) is 9.92. The van der Waals surface area contributed by atoms with Gasteiger partial charge in [0.1, 0.15) is 23.7 Å². The lowest BCUT2D eigenvalue weighted by atomic mass is 10.0. The van der Waals surface area contributed by atoms with Crippen molar-refractivity contribution in [3.05, 3.63) is 58.0 Å². The molecule has 160 valence electrons. The van der Waals surface area contributed by atoms with Crippen LogP contribution < -0.4 is 10.1 Å². The van der Waals surface area contributed by atoms with Crippen LogP contribution in [-0.2, 0) is 13.0 Å². The van der Waals surface area contributed by atoms with Crippen LogP contribution in [0.2, 0.25) is 5.15 Å². The van der Waals surface area contributed by atoms with E-state index >= 15 is 0 Å². The lowest BCUT2D eigenvalue weighted by Crippen LogP contribution is -2.10. The van der Waals surface area contributed by atoms with Crippen molar-refractivity contribution in [2.75, 3.05) is 11.9 Å². The molecule has 3 aromatic rings. The van der Waals surface area contributed by atoms with Crippen LogP contribution in [0.5, 0.6) is 5.75 Å². The number of hydrogen-bond acceptors (Lipinski definition) is 5. The molecular formula is C22H22ClFN6O. The Morgan fingerprint density at radius 3 is 2.90 bits per heavy atom. The summed E-state index contributed by atoms with van der Waals surface area (Å²) in [5.74, 6) is 1.54. The molecule has 0 spiro atoms. The van der Waals surface area contributed by atoms with Crippen molar-refractivity contribution in [3.8, 4) is 5.75 Å². The third-order valence-electron chi connectivity index (χ3n) is 5.39. The number of aromatic nitrogens is 3. The van der Waals surface area contributed by atoms with Crippen molar-refractivity contribution in [3.63, 3.8) is 0 Å². The van der Waals surface area contributed by atoms with Crippen molar-refractivity contribution in [2.45, 2.75) is 33.7 Å². The summed E-state index contributed by atoms with van der Waals surface area (Å²) in [6.07, 6.45) is 3.99. The van der Waals surface area contributed by atoms with Crippen molar-refractivity contribution < 1.29 is 9.13 Å². The van der Waals surface area contributed by atoms with E-state index < -0.39 is 0 Å². The number of ether oxygens (including phenoxy) is 1. The fourth-order valence-corrected chi connectivity index (χ4v) is 3.85. The summed E-state index contributed by atoms with van der Waals surface area (Å²) < 4.78 is 21.8. The van der Waals surface area contributed by atoms with E-state index in [1.54, 1.807) is 29.9 Å². The Morgan fingerprint density at radius 1 is 1.32 bits per heavy atom. The molecule has 0 saturated carbocycles. The van der Waals surface area contributed by atoms with E-state index in [1.807, 2.05) is 13.8 Å². The SMILES string of the molecule is C=N/C(C)=N\C(C)=C(/C)c1cnc(NCc2c(F)ccc3c2CCO3)n2cnc(Cl)c12. The van der Waals surface area contributed by atoms with E-state index in [0.29, 0.717) is 41.0 Å². The standard InChI is InChI=1S/C22H22ClFN6O/c1-12(13(2)29-14(3)25-4)16-9-26-22(30-11-28-21(23)20(16)30)27-10-17-15-7-8-31-19(15)6-5-18(17)24/h5-6,9,11H,4,7-8,10H2,1-3H3,(H,26,27)/b13-12+,29-14-. The summed E-state index contributed by atoms with van der Waals surface area (Å²) in [7, 11) is 0. The molecule has 2 aromatic heterocycles. The maximum absolute atomic E-state index is 14.5. The van der Waals surface area contributed by atoms with Gasteiger partial charge in [-0.3, -0.25) is 4.40 Å². The van der Waals surface area contributed by atoms with Crippen LogP contribution in [0.3, 0.4) is 0 Å². The van der Waals surface area contributed by atoms with Crippen LogP contribution in [0, 0.1) is 5.82 Å². The maximum Gasteiger partial charge on any atom is 0.209 e. The number of anilines is 1. The van der Waals surface area contributed by atoms with Gasteiger partial charge in [0.25, 0.3) is 0 Å². The number of amidine groups is 1. The van der Waals surface area contributed by atoms with Gasteiger partial charge in [0.05, 0.1) is 12.1 Å². The second-order valence-electron chi connectivity index (χ2n) is 7.23. The van der Waals surface area contributed by atoms with Crippen LogP contribution in [-0.4, -0.2) is 33.5 Å². The Labute approximate surface area is 184 Å². The van der Waals surface area contributed by atoms with E-state index in [9.17, 15) is 4.39 Å². The molecule has 1 aliphatic heterocycles. The van der Waals surface area contributed by atoms with Gasteiger partial charge in [-0.05, 0) is 45.2 Å². The lowest BCUT2D eigenvalue weighted by Gasteiger charge is -2.14. The molecule has 0 unspecified atom stereocenters. The summed E-state index contributed by atoms with van der Waals surface area (Å²) in [5.41, 5.74) is 4.62. The molecule has 1 N–H and O–H groups in total. The number of aliphatic imine (C=N–C) groups is 2. The molecule has 0 atom stereocenters. The molecular weight excluding hydrogens is 419 g/mol. The van der Waals surface area contributed by atoms with Crippen LogP contribution in [0.4, 0.5) is 10.3 Å². The van der Waals surface area contributed by atoms with Gasteiger partial charge >= 0.3 is 0 Å². The first-order chi connectivity index (χ1) is 14.9. The number of imidazole rings is 1. The highest BCUT2D eigenvalue weighted by atomic mass is 35.5. The minimum absolute atomic E-state index is 0.262. The van der Waals surface area contributed by atoms with Crippen LogP contribution in [0.1, 0.15) is 37.5 Å². The normalized spacial score (nSPS) is 14.3. The Morgan fingerprint density at radius 2 is 2.13 bits per heavy atom. The molecule has 3 heterocycles. The van der Waals surface area contributed by atoms with Crippen molar-refractivity contribution in [1.29, 1.82) is 0 Å². The van der Waals surface area contributed by atoms with Crippen molar-refractivity contribution in [1.82, 2.24) is 14.4 Å². The van der Waals surface area contributed by atoms with Crippen LogP contribution in [0.15, 0.2) is 40.3 Å². The van der Waals surface area contributed by atoms with Gasteiger partial charge in [-0.2, -0.15) is 0 Å². The number of rotatable bonds is 5. The second kappa shape index (κ2) is 8.47. The number of allylic oxidation sites excluding steroid dienone is 2. The molecule has 1 aromatic carbocycles. The van der Waals surface area contributed by atoms with Gasteiger partial charge < -0.3 is 10.1 Å². The highest BCUT2D eigenvalue weighted by Gasteiger charge is 2.20. The third-order valence-corrected chi connectivity index (χ3v) is 5.67. The topological polar surface area (TPSA) is 76.2 Å². The highest BCUT2D eigenvalue weighted by molar-refractivity contribution is 6.33. The third kappa shape index (κ3) is 3.90. The molecule has 7 nitrogen and oxygen atoms in total. The molecule has 9 heteroatoms. The monoisotopic (exact) mass is 440 g/mol. The summed E-state index contributed by atoms with van der Waals surface area (Å²) in [4.78, 5) is 17.0. The number of benzene rings is 1. The molecule has 31 heavy (non-hydrogen) atoms. The smallest absolute Gasteiger partial charge is 0.209 e. The first-order valence-electron chi connectivity index (χ1n) is 9.79. The summed E-state index contributed by atoms with van der Waals surface area (Å²) in [6, 6.07) is 3.10. The highest BCUT2D eigenvalue weighted by Crippen LogP contribution is 2.32. The number of halogens is 2. The zero-order valence-corrected chi connectivity index (χ0v) is 18.3. The fraction of sp³-hybridized carbons (Fsp3) is 0.273. The first-order valence-corrected chi connectivity index (χ1v) is 10.2. The number of hydrogen-bond donors (Lipinski definition) is 1. The molecule has 1 aliphatic rings. The van der Waals surface area contributed by atoms with Gasteiger partial charge in [-0.15, -0.1) is 0 Å². The number of nitrogens with zero attached hydrogens (tertiary/aromatic N) is 5. The zero-order valence-electron chi connectivity index (χ0n) is 17.5. The molecule has 0 amide bonds. The van der Waals surface area contributed by atoms with Gasteiger partial charge in [0.15, 0.2) is 5.15 Å². The maximum atomic E-state index is 14.5. The van der Waals surface area contributed by atoms with E-state index in [2.05, 4.69) is 32.0 Å². The molecule has 0 aliphatic carbocycles. The van der Waals surface area contributed by atoms with Crippen LogP contribution in [0.25, 0.3) is 11.1 Å². The number of nitrogens with one attached hydrogen (secondary N) is 1. The average Bonchev–Trinajstić information content (AvgIpc) is 3.39. The van der Waals surface area contributed by atoms with E-state index in [-0.39, 0.29) is 12.4 Å². The van der Waals surface area contributed by atoms with Gasteiger partial charge in [-0.1, -0.05) is 11.6 Å². The Bertz CT molecular complexity index is 1250. The minimum Gasteiger partial charge on any atom is -0.493 e. The van der Waals surface area contributed by atoms with E-state index in [0.717, 1.165) is 28.1 Å². The van der Waals surface area contributed by atoms with Gasteiger partial charge in [0, 0.05) is 41.5 Å². The molecule has 0 fully saturated rings. The Balaban J connectivity index is 1.71. The van der Waals surface area contributed by atoms with E-state index in [4.69, 9.17) is 16.3 Å². The minimum atomic E-state index is -0.272. The van der Waals surface area contributed by atoms with Gasteiger partial charge in [-0.25, -0.2) is 24.3 Å². The average molecular weight is 441 g/mol. The van der Waals surface area contributed by atoms with Gasteiger partial charge in [0.2, 0.25) is 5.95 Å². The Hall–Kier alpha value is -3.26. The molecule has 0 bridgehead atoms. The van der Waals surface area contributed by atoms with Crippen molar-refractivity contribution in [2.24, 2.45) is 9.98 Å². The summed E-state index contributed by atoms with van der Waals surface area (Å²) >= 11 is 6.40. The van der Waals surface area contributed by atoms with E-state index in [1.165, 1.54) is 6.07 Å². The predicted octanol–water partition coefficient (Wildman–Crippen LogP) is 4.94. The summed E-state index contributed by atoms with van der Waals surface area (Å²) in [5, 5.41) is 3.56. The molecule has 0 saturated heterocycles. The largest absolute Gasteiger partial charge is 0.493 e. The van der Waals surface area contributed by atoms with Crippen molar-refractivity contribution >= 4 is 41.2 Å². The Kier molecular flexibility index (Phi) is 5.73. The quantitative estimate of drug-likeness (QED) is 0.450. The zero-order chi connectivity index (χ0) is 22.1. The second-order valence-corrected chi connectivity index (χ2v) is 7.59. The predicted molar refractivity (Wildman–Crippen MR) is 122 cm³/mol. The fourth-order valence-electron chi connectivity index (χ4n) is 3.61. The number of fused-ring (bicyclic) bond motifs is 2. The first kappa shape index (κ1) is 21.0. The molecule has 0 radical (unpaired) electrons.